The Hall–Kier alpha value is -1.74. The quantitative estimate of drug-likeness (QED) is 0.701. The van der Waals surface area contributed by atoms with E-state index in [-0.39, 0.29) is 0 Å². The van der Waals surface area contributed by atoms with Crippen molar-refractivity contribution in [1.29, 1.82) is 0 Å². The SMILES string of the molecule is C[C@@H](Sc1nc2ccccc2[nH]1)c1ccccc1. The minimum atomic E-state index is 0.395. The lowest BCUT2D eigenvalue weighted by atomic mass is 10.2. The maximum absolute atomic E-state index is 4.59. The third-order valence-corrected chi connectivity index (χ3v) is 3.97. The van der Waals surface area contributed by atoms with Crippen molar-refractivity contribution in [1.82, 2.24) is 9.97 Å². The van der Waals surface area contributed by atoms with Gasteiger partial charge in [0.05, 0.1) is 11.0 Å². The molecule has 90 valence electrons. The minimum absolute atomic E-state index is 0.395. The number of H-pyrrole nitrogens is 1. The highest BCUT2D eigenvalue weighted by Crippen LogP contribution is 2.33. The molecule has 0 aliphatic heterocycles. The monoisotopic (exact) mass is 254 g/mol. The molecule has 3 aromatic rings. The molecule has 1 atom stereocenters. The van der Waals surface area contributed by atoms with Crippen LogP contribution in [-0.4, -0.2) is 9.97 Å². The molecule has 0 aliphatic carbocycles. The van der Waals surface area contributed by atoms with Crippen LogP contribution in [-0.2, 0) is 0 Å². The summed E-state index contributed by atoms with van der Waals surface area (Å²) in [5.41, 5.74) is 3.45. The number of nitrogens with one attached hydrogen (secondary N) is 1. The van der Waals surface area contributed by atoms with Gasteiger partial charge in [-0.15, -0.1) is 0 Å². The van der Waals surface area contributed by atoms with Crippen molar-refractivity contribution < 1.29 is 0 Å². The molecule has 2 nitrogen and oxygen atoms in total. The number of fused-ring (bicyclic) bond motifs is 1. The highest BCUT2D eigenvalue weighted by atomic mass is 32.2. The number of aromatic nitrogens is 2. The molecule has 0 fully saturated rings. The van der Waals surface area contributed by atoms with Gasteiger partial charge in [-0.1, -0.05) is 54.2 Å². The average Bonchev–Trinajstić information content (AvgIpc) is 2.82. The van der Waals surface area contributed by atoms with Crippen molar-refractivity contribution in [3.8, 4) is 0 Å². The molecule has 3 rings (SSSR count). The van der Waals surface area contributed by atoms with Crippen LogP contribution in [0.15, 0.2) is 59.8 Å². The number of hydrogen-bond acceptors (Lipinski definition) is 2. The Balaban J connectivity index is 1.84. The summed E-state index contributed by atoms with van der Waals surface area (Å²) >= 11 is 1.76. The second-order valence-corrected chi connectivity index (χ2v) is 5.56. The predicted molar refractivity (Wildman–Crippen MR) is 76.8 cm³/mol. The number of thioether (sulfide) groups is 1. The summed E-state index contributed by atoms with van der Waals surface area (Å²) in [7, 11) is 0. The standard InChI is InChI=1S/C15H14N2S/c1-11(12-7-3-2-4-8-12)18-15-16-13-9-5-6-10-14(13)17-15/h2-11H,1H3,(H,16,17)/t11-/m1/s1. The smallest absolute Gasteiger partial charge is 0.166 e. The van der Waals surface area contributed by atoms with Crippen molar-refractivity contribution in [2.75, 3.05) is 0 Å². The van der Waals surface area contributed by atoms with Gasteiger partial charge in [-0.25, -0.2) is 4.98 Å². The van der Waals surface area contributed by atoms with E-state index in [1.165, 1.54) is 5.56 Å². The van der Waals surface area contributed by atoms with Gasteiger partial charge in [0.1, 0.15) is 0 Å². The molecule has 0 saturated heterocycles. The lowest BCUT2D eigenvalue weighted by molar-refractivity contribution is 1.03. The summed E-state index contributed by atoms with van der Waals surface area (Å²) < 4.78 is 0. The molecule has 0 saturated carbocycles. The Labute approximate surface area is 110 Å². The number of para-hydroxylation sites is 2. The zero-order valence-corrected chi connectivity index (χ0v) is 10.9. The van der Waals surface area contributed by atoms with Crippen molar-refractivity contribution in [3.63, 3.8) is 0 Å². The first-order valence-corrected chi connectivity index (χ1v) is 6.87. The van der Waals surface area contributed by atoms with E-state index < -0.39 is 0 Å². The molecule has 0 aliphatic rings. The van der Waals surface area contributed by atoms with Crippen LogP contribution in [0, 0.1) is 0 Å². The number of rotatable bonds is 3. The number of nitrogens with zero attached hydrogens (tertiary/aromatic N) is 1. The Kier molecular flexibility index (Phi) is 3.07. The number of hydrogen-bond donors (Lipinski definition) is 1. The number of aromatic amines is 1. The van der Waals surface area contributed by atoms with Crippen LogP contribution in [0.5, 0.6) is 0 Å². The van der Waals surface area contributed by atoms with Gasteiger partial charge in [-0.3, -0.25) is 0 Å². The van der Waals surface area contributed by atoms with E-state index in [1.54, 1.807) is 11.8 Å². The molecular formula is C15H14N2S. The van der Waals surface area contributed by atoms with E-state index >= 15 is 0 Å². The van der Waals surface area contributed by atoms with Crippen LogP contribution in [0.1, 0.15) is 17.7 Å². The summed E-state index contributed by atoms with van der Waals surface area (Å²) in [4.78, 5) is 7.93. The fourth-order valence-corrected chi connectivity index (χ4v) is 2.89. The molecule has 0 amide bonds. The average molecular weight is 254 g/mol. The third-order valence-electron chi connectivity index (χ3n) is 2.93. The van der Waals surface area contributed by atoms with Gasteiger partial charge in [-0.05, 0) is 24.6 Å². The van der Waals surface area contributed by atoms with Crippen molar-refractivity contribution in [3.05, 3.63) is 60.2 Å². The summed E-state index contributed by atoms with van der Waals surface area (Å²) in [6, 6.07) is 18.6. The second-order valence-electron chi connectivity index (χ2n) is 4.23. The molecular weight excluding hydrogens is 240 g/mol. The molecule has 0 spiro atoms. The summed E-state index contributed by atoms with van der Waals surface area (Å²) in [5.74, 6) is 0. The van der Waals surface area contributed by atoms with Crippen LogP contribution in [0.4, 0.5) is 0 Å². The van der Waals surface area contributed by atoms with Crippen LogP contribution in [0.25, 0.3) is 11.0 Å². The molecule has 1 N–H and O–H groups in total. The van der Waals surface area contributed by atoms with Gasteiger partial charge in [0.25, 0.3) is 0 Å². The lowest BCUT2D eigenvalue weighted by Gasteiger charge is -2.08. The predicted octanol–water partition coefficient (Wildman–Crippen LogP) is 4.42. The van der Waals surface area contributed by atoms with Crippen LogP contribution >= 0.6 is 11.8 Å². The summed E-state index contributed by atoms with van der Waals surface area (Å²) in [6.45, 7) is 2.20. The van der Waals surface area contributed by atoms with Crippen molar-refractivity contribution >= 4 is 22.8 Å². The number of imidazole rings is 1. The zero-order valence-electron chi connectivity index (χ0n) is 10.1. The lowest BCUT2D eigenvalue weighted by Crippen LogP contribution is -1.88. The summed E-state index contributed by atoms with van der Waals surface area (Å²) in [6.07, 6.45) is 0. The zero-order chi connectivity index (χ0) is 12.4. The molecule has 3 heteroatoms. The van der Waals surface area contributed by atoms with Gasteiger partial charge >= 0.3 is 0 Å². The Morgan fingerprint density at radius 2 is 1.72 bits per heavy atom. The maximum atomic E-state index is 4.59. The highest BCUT2D eigenvalue weighted by molar-refractivity contribution is 7.99. The van der Waals surface area contributed by atoms with E-state index in [1.807, 2.05) is 24.3 Å². The van der Waals surface area contributed by atoms with E-state index in [0.717, 1.165) is 16.2 Å². The van der Waals surface area contributed by atoms with Gasteiger partial charge in [-0.2, -0.15) is 0 Å². The van der Waals surface area contributed by atoms with E-state index in [0.29, 0.717) is 5.25 Å². The second kappa shape index (κ2) is 4.86. The molecule has 0 unspecified atom stereocenters. The van der Waals surface area contributed by atoms with Gasteiger partial charge < -0.3 is 4.98 Å². The Bertz CT molecular complexity index is 613. The van der Waals surface area contributed by atoms with Gasteiger partial charge in [0.2, 0.25) is 0 Å². The van der Waals surface area contributed by atoms with Gasteiger partial charge in [0, 0.05) is 5.25 Å². The van der Waals surface area contributed by atoms with E-state index in [4.69, 9.17) is 0 Å². The fourth-order valence-electron chi connectivity index (χ4n) is 1.94. The molecule has 0 radical (unpaired) electrons. The van der Waals surface area contributed by atoms with Crippen molar-refractivity contribution in [2.24, 2.45) is 0 Å². The maximum Gasteiger partial charge on any atom is 0.166 e. The fraction of sp³-hybridized carbons (Fsp3) is 0.133. The first-order chi connectivity index (χ1) is 8.83. The van der Waals surface area contributed by atoms with Gasteiger partial charge in [0.15, 0.2) is 5.16 Å². The first-order valence-electron chi connectivity index (χ1n) is 5.99. The molecule has 1 aromatic heterocycles. The molecule has 2 aromatic carbocycles. The summed E-state index contributed by atoms with van der Waals surface area (Å²) in [5, 5.41) is 1.37. The van der Waals surface area contributed by atoms with Crippen LogP contribution in [0.2, 0.25) is 0 Å². The normalized spacial score (nSPS) is 12.7. The number of benzene rings is 2. The first kappa shape index (κ1) is 11.4. The van der Waals surface area contributed by atoms with Crippen LogP contribution in [0.3, 0.4) is 0 Å². The minimum Gasteiger partial charge on any atom is -0.333 e. The third kappa shape index (κ3) is 2.27. The van der Waals surface area contributed by atoms with Crippen LogP contribution < -0.4 is 0 Å². The topological polar surface area (TPSA) is 28.7 Å². The highest BCUT2D eigenvalue weighted by Gasteiger charge is 2.10. The Morgan fingerprint density at radius 1 is 1.00 bits per heavy atom. The van der Waals surface area contributed by atoms with E-state index in [9.17, 15) is 0 Å². The van der Waals surface area contributed by atoms with E-state index in [2.05, 4.69) is 47.2 Å². The van der Waals surface area contributed by atoms with Crippen molar-refractivity contribution in [2.45, 2.75) is 17.3 Å². The Morgan fingerprint density at radius 3 is 2.50 bits per heavy atom. The molecule has 0 bridgehead atoms. The largest absolute Gasteiger partial charge is 0.333 e. The molecule has 1 heterocycles. The molecule has 18 heavy (non-hydrogen) atoms.